The fourth-order valence-corrected chi connectivity index (χ4v) is 4.95. The zero-order chi connectivity index (χ0) is 24.5. The number of halogens is 1. The van der Waals surface area contributed by atoms with Crippen molar-refractivity contribution in [3.63, 3.8) is 0 Å². The molecule has 3 N–H and O–H groups in total. The topological polar surface area (TPSA) is 105 Å². The maximum absolute atomic E-state index is 12.6. The normalized spacial score (nSPS) is 17.7. The Balaban J connectivity index is 1.21. The Labute approximate surface area is 210 Å². The molecule has 5 rings (SSSR count). The van der Waals surface area contributed by atoms with Crippen molar-refractivity contribution in [2.24, 2.45) is 11.8 Å². The van der Waals surface area contributed by atoms with Gasteiger partial charge in [-0.1, -0.05) is 48.5 Å². The van der Waals surface area contributed by atoms with E-state index in [2.05, 4.69) is 50.8 Å². The summed E-state index contributed by atoms with van der Waals surface area (Å²) in [5.74, 6) is -1.63. The van der Waals surface area contributed by atoms with Crippen LogP contribution in [0.2, 0.25) is 0 Å². The number of ether oxygens (including phenoxy) is 1. The molecule has 3 aromatic rings. The van der Waals surface area contributed by atoms with Gasteiger partial charge in [-0.2, -0.15) is 0 Å². The molecule has 0 saturated heterocycles. The van der Waals surface area contributed by atoms with E-state index in [0.29, 0.717) is 28.7 Å². The van der Waals surface area contributed by atoms with Crippen molar-refractivity contribution in [1.82, 2.24) is 5.32 Å². The van der Waals surface area contributed by atoms with Gasteiger partial charge in [-0.25, -0.2) is 4.79 Å². The van der Waals surface area contributed by atoms with Crippen molar-refractivity contribution < 1.29 is 24.2 Å². The van der Waals surface area contributed by atoms with Crippen LogP contribution in [0.1, 0.15) is 33.8 Å². The van der Waals surface area contributed by atoms with E-state index in [1.54, 1.807) is 18.2 Å². The largest absolute Gasteiger partial charge is 0.481 e. The van der Waals surface area contributed by atoms with Crippen molar-refractivity contribution in [3.05, 3.63) is 87.9 Å². The van der Waals surface area contributed by atoms with Gasteiger partial charge >= 0.3 is 12.1 Å². The van der Waals surface area contributed by atoms with Crippen molar-refractivity contribution in [3.8, 4) is 11.1 Å². The zero-order valence-electron chi connectivity index (χ0n) is 18.7. The number of carboxylic acids is 1. The molecule has 0 unspecified atom stereocenters. The summed E-state index contributed by atoms with van der Waals surface area (Å²) in [4.78, 5) is 36.1. The summed E-state index contributed by atoms with van der Waals surface area (Å²) in [7, 11) is 0. The Kier molecular flexibility index (Phi) is 6.30. The van der Waals surface area contributed by atoms with Gasteiger partial charge < -0.3 is 15.2 Å². The van der Waals surface area contributed by atoms with Crippen molar-refractivity contribution in [2.75, 3.05) is 18.5 Å². The molecule has 1 saturated carbocycles. The summed E-state index contributed by atoms with van der Waals surface area (Å²) in [6.07, 6.45) is -0.0442. The first kappa shape index (κ1) is 23.1. The second-order valence-corrected chi connectivity index (χ2v) is 9.65. The highest BCUT2D eigenvalue weighted by Crippen LogP contribution is 2.44. The standard InChI is InChI=1S/C27H23BrN2O5/c28-23-10-9-15(25(31)29-13-16-11-21(16)26(32)33)12-24(23)30-27(34)35-14-22-19-7-3-1-5-17(19)18-6-2-4-8-20(18)22/h1-10,12,16,21-22H,11,13-14H2,(H,29,31)(H,30,34)(H,32,33)/t16-,21-/m1/s1. The maximum Gasteiger partial charge on any atom is 0.411 e. The number of hydrogen-bond acceptors (Lipinski definition) is 4. The number of nitrogens with one attached hydrogen (secondary N) is 2. The number of rotatable bonds is 7. The molecule has 0 bridgehead atoms. The van der Waals surface area contributed by atoms with Crippen LogP contribution in [0.15, 0.2) is 71.2 Å². The molecule has 3 aromatic carbocycles. The first-order chi connectivity index (χ1) is 16.9. The summed E-state index contributed by atoms with van der Waals surface area (Å²) in [5.41, 5.74) is 5.32. The lowest BCUT2D eigenvalue weighted by molar-refractivity contribution is -0.138. The minimum Gasteiger partial charge on any atom is -0.481 e. The van der Waals surface area contributed by atoms with E-state index in [1.807, 2.05) is 24.3 Å². The van der Waals surface area contributed by atoms with Gasteiger partial charge in [0.15, 0.2) is 0 Å². The van der Waals surface area contributed by atoms with Crippen LogP contribution in [0.5, 0.6) is 0 Å². The average molecular weight is 535 g/mol. The smallest absolute Gasteiger partial charge is 0.411 e. The third-order valence-corrected chi connectivity index (χ3v) is 7.27. The van der Waals surface area contributed by atoms with Crippen LogP contribution in [-0.4, -0.2) is 36.2 Å². The predicted octanol–water partition coefficient (Wildman–Crippen LogP) is 5.26. The zero-order valence-corrected chi connectivity index (χ0v) is 20.2. The molecule has 8 heteroatoms. The highest BCUT2D eigenvalue weighted by atomic mass is 79.9. The van der Waals surface area contributed by atoms with E-state index < -0.39 is 12.1 Å². The van der Waals surface area contributed by atoms with Gasteiger partial charge in [0, 0.05) is 22.5 Å². The summed E-state index contributed by atoms with van der Waals surface area (Å²) in [6, 6.07) is 21.1. The van der Waals surface area contributed by atoms with Crippen molar-refractivity contribution >= 4 is 39.6 Å². The second kappa shape index (κ2) is 9.54. The summed E-state index contributed by atoms with van der Waals surface area (Å²) in [6.45, 7) is 0.491. The minimum absolute atomic E-state index is 0.0367. The first-order valence-corrected chi connectivity index (χ1v) is 12.1. The molecule has 2 amide bonds. The number of carbonyl (C=O) groups is 3. The van der Waals surface area contributed by atoms with E-state index in [1.165, 1.54) is 0 Å². The van der Waals surface area contributed by atoms with Crippen LogP contribution < -0.4 is 10.6 Å². The molecule has 35 heavy (non-hydrogen) atoms. The number of carbonyl (C=O) groups excluding carboxylic acids is 2. The predicted molar refractivity (Wildman–Crippen MR) is 134 cm³/mol. The van der Waals surface area contributed by atoms with Gasteiger partial charge in [0.2, 0.25) is 0 Å². The van der Waals surface area contributed by atoms with E-state index >= 15 is 0 Å². The Morgan fingerprint density at radius 2 is 1.63 bits per heavy atom. The number of anilines is 1. The average Bonchev–Trinajstić information content (AvgIpc) is 3.58. The van der Waals surface area contributed by atoms with E-state index in [4.69, 9.17) is 9.84 Å². The highest BCUT2D eigenvalue weighted by Gasteiger charge is 2.43. The molecule has 7 nitrogen and oxygen atoms in total. The molecule has 2 atom stereocenters. The molecule has 1 fully saturated rings. The van der Waals surface area contributed by atoms with Gasteiger partial charge in [-0.15, -0.1) is 0 Å². The molecule has 0 spiro atoms. The van der Waals surface area contributed by atoms with E-state index in [9.17, 15) is 14.4 Å². The van der Waals surface area contributed by atoms with Gasteiger partial charge in [0.05, 0.1) is 11.6 Å². The lowest BCUT2D eigenvalue weighted by Gasteiger charge is -2.15. The summed E-state index contributed by atoms with van der Waals surface area (Å²) >= 11 is 3.40. The Morgan fingerprint density at radius 3 is 2.26 bits per heavy atom. The number of benzene rings is 3. The first-order valence-electron chi connectivity index (χ1n) is 11.3. The van der Waals surface area contributed by atoms with Crippen LogP contribution in [-0.2, 0) is 9.53 Å². The van der Waals surface area contributed by atoms with E-state index in [-0.39, 0.29) is 30.3 Å². The van der Waals surface area contributed by atoms with Crippen LogP contribution in [0, 0.1) is 11.8 Å². The second-order valence-electron chi connectivity index (χ2n) is 8.80. The fraction of sp³-hybridized carbons (Fsp3) is 0.222. The molecule has 0 radical (unpaired) electrons. The van der Waals surface area contributed by atoms with E-state index in [0.717, 1.165) is 22.3 Å². The number of hydrogen-bond donors (Lipinski definition) is 3. The van der Waals surface area contributed by atoms with Crippen LogP contribution in [0.25, 0.3) is 11.1 Å². The molecule has 0 aliphatic heterocycles. The lowest BCUT2D eigenvalue weighted by Crippen LogP contribution is -2.26. The molecular weight excluding hydrogens is 512 g/mol. The summed E-state index contributed by atoms with van der Waals surface area (Å²) in [5, 5.41) is 14.5. The van der Waals surface area contributed by atoms with Gasteiger partial charge in [0.1, 0.15) is 6.61 Å². The molecule has 2 aliphatic rings. The number of amides is 2. The molecule has 178 valence electrons. The van der Waals surface area contributed by atoms with Gasteiger partial charge in [0.25, 0.3) is 5.91 Å². The maximum atomic E-state index is 12.6. The van der Waals surface area contributed by atoms with Crippen molar-refractivity contribution in [1.29, 1.82) is 0 Å². The SMILES string of the molecule is O=C(Nc1cc(C(=O)NC[C@H]2C[C@H]2C(=O)O)ccc1Br)OCC1c2ccccc2-c2ccccc21. The number of aliphatic carboxylic acids is 1. The Morgan fingerprint density at radius 1 is 0.971 bits per heavy atom. The number of fused-ring (bicyclic) bond motifs is 3. The Bertz CT molecular complexity index is 1280. The molecule has 0 aromatic heterocycles. The van der Waals surface area contributed by atoms with Crippen LogP contribution in [0.4, 0.5) is 10.5 Å². The van der Waals surface area contributed by atoms with Gasteiger partial charge in [-0.3, -0.25) is 14.9 Å². The third-order valence-electron chi connectivity index (χ3n) is 6.57. The van der Waals surface area contributed by atoms with Crippen molar-refractivity contribution in [2.45, 2.75) is 12.3 Å². The number of carboxylic acid groups (broad SMARTS) is 1. The van der Waals surface area contributed by atoms with Crippen LogP contribution in [0.3, 0.4) is 0 Å². The molecule has 2 aliphatic carbocycles. The lowest BCUT2D eigenvalue weighted by atomic mass is 9.98. The highest BCUT2D eigenvalue weighted by molar-refractivity contribution is 9.10. The molecule has 0 heterocycles. The minimum atomic E-state index is -0.831. The monoisotopic (exact) mass is 534 g/mol. The third kappa shape index (κ3) is 4.79. The quantitative estimate of drug-likeness (QED) is 0.383. The van der Waals surface area contributed by atoms with Crippen LogP contribution >= 0.6 is 15.9 Å². The Hall–Kier alpha value is -3.65. The summed E-state index contributed by atoms with van der Waals surface area (Å²) < 4.78 is 6.20. The van der Waals surface area contributed by atoms with Gasteiger partial charge in [-0.05, 0) is 68.7 Å². The molecular formula is C27H23BrN2O5. The fourth-order valence-electron chi connectivity index (χ4n) is 4.61.